The standard InChI is InChI=1S/C12H20O2/c1-8(2)10-6-5-9(3)12(4,7-13)11(10)14/h7-10H,5-6H2,1-4H3/t9-,10+,12+/m1/s1. The molecule has 0 heterocycles. The molecule has 0 bridgehead atoms. The fraction of sp³-hybridized carbons (Fsp3) is 0.833. The van der Waals surface area contributed by atoms with Crippen molar-refractivity contribution < 1.29 is 9.59 Å². The van der Waals surface area contributed by atoms with Crippen LogP contribution >= 0.6 is 0 Å². The third kappa shape index (κ3) is 1.62. The first-order valence-corrected chi connectivity index (χ1v) is 5.44. The molecule has 14 heavy (non-hydrogen) atoms. The predicted molar refractivity (Wildman–Crippen MR) is 55.9 cm³/mol. The Labute approximate surface area is 86.1 Å². The first-order valence-electron chi connectivity index (χ1n) is 5.44. The molecule has 0 unspecified atom stereocenters. The van der Waals surface area contributed by atoms with Gasteiger partial charge in [-0.3, -0.25) is 4.79 Å². The molecule has 1 saturated carbocycles. The van der Waals surface area contributed by atoms with Crippen LogP contribution in [0.15, 0.2) is 0 Å². The smallest absolute Gasteiger partial charge is 0.149 e. The van der Waals surface area contributed by atoms with Gasteiger partial charge in [-0.25, -0.2) is 0 Å². The van der Waals surface area contributed by atoms with Crippen molar-refractivity contribution in [3.63, 3.8) is 0 Å². The summed E-state index contributed by atoms with van der Waals surface area (Å²) in [5.74, 6) is 0.791. The summed E-state index contributed by atoms with van der Waals surface area (Å²) in [4.78, 5) is 23.1. The van der Waals surface area contributed by atoms with E-state index in [9.17, 15) is 9.59 Å². The van der Waals surface area contributed by atoms with E-state index >= 15 is 0 Å². The highest BCUT2D eigenvalue weighted by atomic mass is 16.1. The zero-order chi connectivity index (χ0) is 10.9. The first-order chi connectivity index (χ1) is 6.43. The van der Waals surface area contributed by atoms with E-state index in [1.54, 1.807) is 6.92 Å². The van der Waals surface area contributed by atoms with Gasteiger partial charge in [-0.2, -0.15) is 0 Å². The molecule has 0 N–H and O–H groups in total. The lowest BCUT2D eigenvalue weighted by Crippen LogP contribution is -2.45. The SMILES string of the molecule is CC(C)[C@@H]1CC[C@@H](C)[C@](C)(C=O)C1=O. The minimum absolute atomic E-state index is 0.0846. The van der Waals surface area contributed by atoms with Crippen molar-refractivity contribution in [2.45, 2.75) is 40.5 Å². The molecule has 0 aromatic heterocycles. The highest BCUT2D eigenvalue weighted by molar-refractivity contribution is 6.00. The molecule has 2 nitrogen and oxygen atoms in total. The van der Waals surface area contributed by atoms with Crippen molar-refractivity contribution >= 4 is 12.1 Å². The third-order valence-electron chi connectivity index (χ3n) is 3.85. The van der Waals surface area contributed by atoms with Crippen LogP contribution in [0.4, 0.5) is 0 Å². The highest BCUT2D eigenvalue weighted by Crippen LogP contribution is 2.41. The Morgan fingerprint density at radius 2 is 2.00 bits per heavy atom. The second kappa shape index (κ2) is 3.84. The second-order valence-electron chi connectivity index (χ2n) is 5.09. The molecule has 80 valence electrons. The quantitative estimate of drug-likeness (QED) is 0.502. The number of carbonyl (C=O) groups excluding carboxylic acids is 2. The van der Waals surface area contributed by atoms with Crippen LogP contribution < -0.4 is 0 Å². The van der Waals surface area contributed by atoms with E-state index in [1.807, 2.05) is 6.92 Å². The molecule has 1 rings (SSSR count). The molecule has 1 aliphatic rings. The van der Waals surface area contributed by atoms with Crippen LogP contribution in [0.2, 0.25) is 0 Å². The summed E-state index contributed by atoms with van der Waals surface area (Å²) < 4.78 is 0. The zero-order valence-corrected chi connectivity index (χ0v) is 9.54. The van der Waals surface area contributed by atoms with Crippen LogP contribution in [-0.2, 0) is 9.59 Å². The lowest BCUT2D eigenvalue weighted by atomic mass is 9.62. The van der Waals surface area contributed by atoms with Crippen molar-refractivity contribution in [1.82, 2.24) is 0 Å². The fourth-order valence-electron chi connectivity index (χ4n) is 2.31. The molecule has 0 saturated heterocycles. The summed E-state index contributed by atoms with van der Waals surface area (Å²) in [5.41, 5.74) is -0.729. The number of ketones is 1. The molecule has 0 aliphatic heterocycles. The molecular formula is C12H20O2. The van der Waals surface area contributed by atoms with Gasteiger partial charge in [0.1, 0.15) is 12.1 Å². The third-order valence-corrected chi connectivity index (χ3v) is 3.85. The lowest BCUT2D eigenvalue weighted by molar-refractivity contribution is -0.144. The van der Waals surface area contributed by atoms with Crippen LogP contribution in [-0.4, -0.2) is 12.1 Å². The minimum Gasteiger partial charge on any atom is -0.302 e. The van der Waals surface area contributed by atoms with E-state index in [1.165, 1.54) is 0 Å². The normalized spacial score (nSPS) is 38.8. The van der Waals surface area contributed by atoms with Crippen molar-refractivity contribution in [2.75, 3.05) is 0 Å². The topological polar surface area (TPSA) is 34.1 Å². The molecule has 0 aromatic carbocycles. The Morgan fingerprint density at radius 3 is 2.43 bits per heavy atom. The molecule has 2 heteroatoms. The van der Waals surface area contributed by atoms with E-state index < -0.39 is 5.41 Å². The predicted octanol–water partition coefficient (Wildman–Crippen LogP) is 2.46. The summed E-state index contributed by atoms with van der Waals surface area (Å²) in [7, 11) is 0. The van der Waals surface area contributed by atoms with Gasteiger partial charge in [-0.15, -0.1) is 0 Å². The average molecular weight is 196 g/mol. The molecule has 3 atom stereocenters. The van der Waals surface area contributed by atoms with E-state index in [0.717, 1.165) is 19.1 Å². The first kappa shape index (κ1) is 11.4. The minimum atomic E-state index is -0.729. The Balaban J connectivity index is 2.94. The summed E-state index contributed by atoms with van der Waals surface area (Å²) in [6, 6.07) is 0. The maximum atomic E-state index is 12.1. The Morgan fingerprint density at radius 1 is 1.43 bits per heavy atom. The Bertz CT molecular complexity index is 245. The number of hydrogen-bond acceptors (Lipinski definition) is 2. The zero-order valence-electron chi connectivity index (χ0n) is 9.54. The van der Waals surface area contributed by atoms with Crippen molar-refractivity contribution in [3.8, 4) is 0 Å². The van der Waals surface area contributed by atoms with Gasteiger partial charge in [0, 0.05) is 5.92 Å². The van der Waals surface area contributed by atoms with E-state index in [4.69, 9.17) is 0 Å². The molecule has 0 radical (unpaired) electrons. The number of carbonyl (C=O) groups is 2. The van der Waals surface area contributed by atoms with Crippen LogP contribution in [0.3, 0.4) is 0 Å². The largest absolute Gasteiger partial charge is 0.302 e. The molecular weight excluding hydrogens is 176 g/mol. The van der Waals surface area contributed by atoms with Crippen LogP contribution in [0, 0.1) is 23.2 Å². The van der Waals surface area contributed by atoms with Crippen molar-refractivity contribution in [1.29, 1.82) is 0 Å². The highest BCUT2D eigenvalue weighted by Gasteiger charge is 2.46. The van der Waals surface area contributed by atoms with Crippen LogP contribution in [0.1, 0.15) is 40.5 Å². The van der Waals surface area contributed by atoms with Gasteiger partial charge in [0.05, 0.1) is 5.41 Å². The van der Waals surface area contributed by atoms with Gasteiger partial charge in [0.2, 0.25) is 0 Å². The molecule has 0 spiro atoms. The van der Waals surface area contributed by atoms with Gasteiger partial charge in [0.15, 0.2) is 0 Å². The van der Waals surface area contributed by atoms with Crippen molar-refractivity contribution in [3.05, 3.63) is 0 Å². The average Bonchev–Trinajstić information content (AvgIpc) is 2.14. The number of hydrogen-bond donors (Lipinski definition) is 0. The Kier molecular flexibility index (Phi) is 3.13. The van der Waals surface area contributed by atoms with Gasteiger partial charge in [-0.05, 0) is 31.6 Å². The second-order valence-corrected chi connectivity index (χ2v) is 5.09. The number of aldehydes is 1. The van der Waals surface area contributed by atoms with Gasteiger partial charge in [-0.1, -0.05) is 20.8 Å². The summed E-state index contributed by atoms with van der Waals surface area (Å²) in [6.45, 7) is 7.91. The summed E-state index contributed by atoms with van der Waals surface area (Å²) >= 11 is 0. The van der Waals surface area contributed by atoms with Crippen LogP contribution in [0.25, 0.3) is 0 Å². The summed E-state index contributed by atoms with van der Waals surface area (Å²) in [5, 5.41) is 0. The monoisotopic (exact) mass is 196 g/mol. The maximum Gasteiger partial charge on any atom is 0.149 e. The summed E-state index contributed by atoms with van der Waals surface area (Å²) in [6.07, 6.45) is 2.79. The van der Waals surface area contributed by atoms with Gasteiger partial charge >= 0.3 is 0 Å². The van der Waals surface area contributed by atoms with E-state index in [0.29, 0.717) is 5.92 Å². The van der Waals surface area contributed by atoms with E-state index in [-0.39, 0.29) is 17.6 Å². The lowest BCUT2D eigenvalue weighted by Gasteiger charge is -2.39. The van der Waals surface area contributed by atoms with Gasteiger partial charge < -0.3 is 4.79 Å². The number of rotatable bonds is 2. The number of Topliss-reactive ketones (excluding diaryl/α,β-unsaturated/α-hetero) is 1. The molecule has 1 aliphatic carbocycles. The van der Waals surface area contributed by atoms with E-state index in [2.05, 4.69) is 13.8 Å². The molecule has 0 amide bonds. The van der Waals surface area contributed by atoms with Crippen molar-refractivity contribution in [2.24, 2.45) is 23.2 Å². The maximum absolute atomic E-state index is 12.1. The van der Waals surface area contributed by atoms with Crippen LogP contribution in [0.5, 0.6) is 0 Å². The van der Waals surface area contributed by atoms with Gasteiger partial charge in [0.25, 0.3) is 0 Å². The molecule has 0 aromatic rings. The Hall–Kier alpha value is -0.660. The fourth-order valence-corrected chi connectivity index (χ4v) is 2.31. The molecule has 1 fully saturated rings.